The largest absolute Gasteiger partial charge is 0.458 e. The van der Waals surface area contributed by atoms with Gasteiger partial charge < -0.3 is 14.9 Å². The Morgan fingerprint density at radius 1 is 1.13 bits per heavy atom. The molecule has 3 saturated carbocycles. The van der Waals surface area contributed by atoms with Gasteiger partial charge in [-0.15, -0.1) is 0 Å². The predicted octanol–water partition coefficient (Wildman–Crippen LogP) is 4.38. The van der Waals surface area contributed by atoms with Crippen molar-refractivity contribution in [2.45, 2.75) is 109 Å². The number of rotatable bonds is 10. The van der Waals surface area contributed by atoms with Crippen LogP contribution in [-0.4, -0.2) is 57.5 Å². The third-order valence-electron chi connectivity index (χ3n) is 10.6. The van der Waals surface area contributed by atoms with E-state index in [4.69, 9.17) is 4.74 Å². The number of hydrogen-bond acceptors (Lipinski definition) is 7. The molecule has 0 bridgehead atoms. The van der Waals surface area contributed by atoms with Crippen LogP contribution in [0.3, 0.4) is 0 Å². The fourth-order valence-corrected chi connectivity index (χ4v) is 8.46. The highest BCUT2D eigenvalue weighted by Crippen LogP contribution is 2.70. The number of alkyl halides is 1. The first-order valence-corrected chi connectivity index (χ1v) is 14.5. The molecule has 4 rings (SSSR count). The molecule has 0 heterocycles. The molecule has 0 unspecified atom stereocenters. The van der Waals surface area contributed by atoms with E-state index in [9.17, 15) is 29.4 Å². The molecule has 0 radical (unpaired) electrons. The molecule has 0 aromatic heterocycles. The Hall–Kier alpha value is -2.19. The summed E-state index contributed by atoms with van der Waals surface area (Å²) < 4.78 is 22.5. The zero-order valence-corrected chi connectivity index (χ0v) is 23.6. The predicted molar refractivity (Wildman–Crippen MR) is 142 cm³/mol. The van der Waals surface area contributed by atoms with Gasteiger partial charge in [-0.25, -0.2) is 4.39 Å². The van der Waals surface area contributed by atoms with Gasteiger partial charge in [0, 0.05) is 36.0 Å². The number of carbonyl (C=O) groups excluding carboxylic acids is 4. The Bertz CT molecular complexity index is 1100. The lowest BCUT2D eigenvalue weighted by Crippen LogP contribution is -2.69. The van der Waals surface area contributed by atoms with Crippen LogP contribution in [0.4, 0.5) is 4.39 Å². The minimum Gasteiger partial charge on any atom is -0.458 e. The number of allylic oxidation sites excluding steroid dienone is 4. The van der Waals surface area contributed by atoms with Gasteiger partial charge in [0.1, 0.15) is 11.4 Å². The summed E-state index contributed by atoms with van der Waals surface area (Å²) in [4.78, 5) is 49.4. The quantitative estimate of drug-likeness (QED) is 0.308. The van der Waals surface area contributed by atoms with Crippen molar-refractivity contribution in [1.82, 2.24) is 0 Å². The number of ether oxygens (including phenoxy) is 1. The first-order valence-electron chi connectivity index (χ1n) is 14.5. The van der Waals surface area contributed by atoms with Crippen molar-refractivity contribution in [2.75, 3.05) is 6.61 Å². The van der Waals surface area contributed by atoms with Gasteiger partial charge in [-0.2, -0.15) is 0 Å². The van der Waals surface area contributed by atoms with Crippen LogP contribution in [0.2, 0.25) is 0 Å². The van der Waals surface area contributed by atoms with Crippen LogP contribution in [0.5, 0.6) is 0 Å². The molecular weight excluding hydrogens is 503 g/mol. The Labute approximate surface area is 230 Å². The number of Topliss-reactive ketones (excluding diaryl/α,β-unsaturated/α-hetero) is 2. The standard InChI is InChI=1S/C31H43FO7/c1-5-8-21(33)9-6-7-10-27(37)39-18-26(36)31(38)19(2)15-24-23-12-11-20-16-22(34)13-14-28(20,3)30(23,32)25(35)17-29(24,31)4/h13-14,16,19,23-25,35,38H,5-12,15,17-18H2,1-4H3/t19-,23+,24+,25+,28+,29+,30+,31+/m1/s1. The van der Waals surface area contributed by atoms with Crippen LogP contribution in [0, 0.1) is 28.6 Å². The summed E-state index contributed by atoms with van der Waals surface area (Å²) in [6.07, 6.45) is 7.02. The summed E-state index contributed by atoms with van der Waals surface area (Å²) in [5.74, 6) is -2.73. The maximum absolute atomic E-state index is 17.2. The number of esters is 1. The van der Waals surface area contributed by atoms with Crippen LogP contribution in [0.25, 0.3) is 0 Å². The van der Waals surface area contributed by atoms with E-state index in [0.29, 0.717) is 50.5 Å². The normalized spacial score (nSPS) is 40.8. The van der Waals surface area contributed by atoms with E-state index in [2.05, 4.69) is 0 Å². The molecule has 3 fully saturated rings. The minimum absolute atomic E-state index is 0.0795. The van der Waals surface area contributed by atoms with Gasteiger partial charge in [0.05, 0.1) is 6.10 Å². The molecular formula is C31H43FO7. The van der Waals surface area contributed by atoms with Gasteiger partial charge in [-0.05, 0) is 75.9 Å². The number of carbonyl (C=O) groups is 4. The number of hydrogen-bond donors (Lipinski definition) is 2. The second-order valence-corrected chi connectivity index (χ2v) is 12.7. The van der Waals surface area contributed by atoms with Crippen LogP contribution >= 0.6 is 0 Å². The molecule has 0 aromatic rings. The van der Waals surface area contributed by atoms with Crippen molar-refractivity contribution in [3.63, 3.8) is 0 Å². The fourth-order valence-electron chi connectivity index (χ4n) is 8.46. The Kier molecular flexibility index (Phi) is 8.14. The SMILES string of the molecule is CCCC(=O)CCCCC(=O)OCC(=O)[C@@]1(O)[C@H](C)C[C@H]2[C@@H]3CCC4=CC(=O)C=C[C@]4(C)[C@@]3(F)[C@@H](O)C[C@@]21C. The van der Waals surface area contributed by atoms with Gasteiger partial charge in [0.15, 0.2) is 18.1 Å². The van der Waals surface area contributed by atoms with E-state index in [1.54, 1.807) is 26.8 Å². The molecule has 39 heavy (non-hydrogen) atoms. The van der Waals surface area contributed by atoms with E-state index in [1.807, 2.05) is 6.92 Å². The summed E-state index contributed by atoms with van der Waals surface area (Å²) in [5, 5.41) is 23.4. The molecule has 8 heteroatoms. The maximum Gasteiger partial charge on any atom is 0.306 e. The van der Waals surface area contributed by atoms with Gasteiger partial charge in [0.25, 0.3) is 0 Å². The molecule has 8 atom stereocenters. The third kappa shape index (κ3) is 4.55. The summed E-state index contributed by atoms with van der Waals surface area (Å²) in [6, 6.07) is 0. The summed E-state index contributed by atoms with van der Waals surface area (Å²) in [6.45, 7) is 6.60. The molecule has 4 aliphatic carbocycles. The Balaban J connectivity index is 1.47. The summed E-state index contributed by atoms with van der Waals surface area (Å²) in [7, 11) is 0. The van der Waals surface area contributed by atoms with Crippen LogP contribution in [0.1, 0.15) is 91.9 Å². The van der Waals surface area contributed by atoms with Crippen molar-refractivity contribution in [1.29, 1.82) is 0 Å². The fraction of sp³-hybridized carbons (Fsp3) is 0.742. The molecule has 0 aromatic carbocycles. The third-order valence-corrected chi connectivity index (χ3v) is 10.6. The minimum atomic E-state index is -2.04. The Morgan fingerprint density at radius 2 is 1.82 bits per heavy atom. The average molecular weight is 547 g/mol. The number of fused-ring (bicyclic) bond motifs is 5. The average Bonchev–Trinajstić information content (AvgIpc) is 3.08. The van der Waals surface area contributed by atoms with Gasteiger partial charge in [-0.1, -0.05) is 32.4 Å². The van der Waals surface area contributed by atoms with E-state index in [1.165, 1.54) is 12.2 Å². The highest BCUT2D eigenvalue weighted by atomic mass is 19.1. The van der Waals surface area contributed by atoms with E-state index < -0.39 is 58.4 Å². The van der Waals surface area contributed by atoms with Crippen LogP contribution in [-0.2, 0) is 23.9 Å². The van der Waals surface area contributed by atoms with Crippen molar-refractivity contribution < 1.29 is 38.5 Å². The second kappa shape index (κ2) is 10.7. The molecule has 2 N–H and O–H groups in total. The van der Waals surface area contributed by atoms with E-state index >= 15 is 4.39 Å². The molecule has 0 aliphatic heterocycles. The Morgan fingerprint density at radius 3 is 2.51 bits per heavy atom. The molecule has 0 saturated heterocycles. The van der Waals surface area contributed by atoms with Crippen molar-refractivity contribution in [3.8, 4) is 0 Å². The number of aliphatic hydroxyl groups is 2. The zero-order valence-electron chi connectivity index (χ0n) is 23.6. The van der Waals surface area contributed by atoms with Gasteiger partial charge >= 0.3 is 5.97 Å². The van der Waals surface area contributed by atoms with Gasteiger partial charge in [0.2, 0.25) is 5.78 Å². The van der Waals surface area contributed by atoms with Crippen molar-refractivity contribution in [2.24, 2.45) is 28.6 Å². The molecule has 0 amide bonds. The number of unbranched alkanes of at least 4 members (excludes halogenated alkanes) is 1. The zero-order chi connectivity index (χ0) is 28.8. The molecule has 0 spiro atoms. The first kappa shape index (κ1) is 29.8. The van der Waals surface area contributed by atoms with Crippen LogP contribution in [0.15, 0.2) is 23.8 Å². The number of aliphatic hydroxyl groups excluding tert-OH is 1. The number of ketones is 3. The summed E-state index contributed by atoms with van der Waals surface area (Å²) in [5.41, 5.74) is -5.51. The molecule has 7 nitrogen and oxygen atoms in total. The maximum atomic E-state index is 17.2. The topological polar surface area (TPSA) is 118 Å². The van der Waals surface area contributed by atoms with Crippen molar-refractivity contribution >= 4 is 23.3 Å². The number of halogens is 1. The lowest BCUT2D eigenvalue weighted by molar-refractivity contribution is -0.220. The highest BCUT2D eigenvalue weighted by Gasteiger charge is 2.75. The first-order chi connectivity index (χ1) is 18.3. The van der Waals surface area contributed by atoms with E-state index in [-0.39, 0.29) is 30.3 Å². The smallest absolute Gasteiger partial charge is 0.306 e. The lowest BCUT2D eigenvalue weighted by atomic mass is 9.44. The van der Waals surface area contributed by atoms with Crippen molar-refractivity contribution in [3.05, 3.63) is 23.8 Å². The van der Waals surface area contributed by atoms with Crippen LogP contribution < -0.4 is 0 Å². The van der Waals surface area contributed by atoms with Gasteiger partial charge in [-0.3, -0.25) is 19.2 Å². The highest BCUT2D eigenvalue weighted by molar-refractivity contribution is 6.01. The lowest BCUT2D eigenvalue weighted by Gasteiger charge is -2.62. The van der Waals surface area contributed by atoms with E-state index in [0.717, 1.165) is 6.42 Å². The monoisotopic (exact) mass is 546 g/mol. The second-order valence-electron chi connectivity index (χ2n) is 12.7. The summed E-state index contributed by atoms with van der Waals surface area (Å²) >= 11 is 0. The molecule has 216 valence electrons. The molecule has 4 aliphatic rings.